The zero-order valence-electron chi connectivity index (χ0n) is 9.05. The number of carbonyl (C=O) groups excluding carboxylic acids is 1. The molecule has 6 heteroatoms. The zero-order valence-corrected chi connectivity index (χ0v) is 9.81. The molecule has 17 heavy (non-hydrogen) atoms. The Morgan fingerprint density at radius 2 is 2.12 bits per heavy atom. The maximum absolute atomic E-state index is 11.3. The van der Waals surface area contributed by atoms with E-state index in [1.54, 1.807) is 31.2 Å². The van der Waals surface area contributed by atoms with Crippen LogP contribution in [0.5, 0.6) is 0 Å². The number of amides is 1. The van der Waals surface area contributed by atoms with E-state index >= 15 is 0 Å². The van der Waals surface area contributed by atoms with Gasteiger partial charge in [0.1, 0.15) is 5.38 Å². The third kappa shape index (κ3) is 2.82. The number of nitrogens with one attached hydrogen (secondary N) is 1. The summed E-state index contributed by atoms with van der Waals surface area (Å²) in [6.07, 6.45) is 1.26. The Hall–Kier alpha value is -1.88. The number of hydrogen-bond donors (Lipinski definition) is 1. The number of aromatic nitrogens is 2. The van der Waals surface area contributed by atoms with Crippen molar-refractivity contribution in [3.05, 3.63) is 30.7 Å². The van der Waals surface area contributed by atoms with Crippen LogP contribution in [0, 0.1) is 0 Å². The molecule has 1 atom stereocenters. The highest BCUT2D eigenvalue weighted by Gasteiger charge is 2.09. The SMILES string of the molecule is CC(Cl)C(=O)Nc1ccc(-c2nnco2)cc1. The number of hydrogen-bond acceptors (Lipinski definition) is 4. The van der Waals surface area contributed by atoms with Crippen LogP contribution in [-0.2, 0) is 4.79 Å². The van der Waals surface area contributed by atoms with Crippen molar-refractivity contribution in [2.75, 3.05) is 5.32 Å². The summed E-state index contributed by atoms with van der Waals surface area (Å²) in [7, 11) is 0. The minimum Gasteiger partial charge on any atom is -0.423 e. The lowest BCUT2D eigenvalue weighted by Gasteiger charge is -2.06. The predicted octanol–water partition coefficient (Wildman–Crippen LogP) is 2.30. The fraction of sp³-hybridized carbons (Fsp3) is 0.182. The van der Waals surface area contributed by atoms with Crippen molar-refractivity contribution in [3.63, 3.8) is 0 Å². The summed E-state index contributed by atoms with van der Waals surface area (Å²) in [5.41, 5.74) is 1.46. The molecule has 0 radical (unpaired) electrons. The third-order valence-corrected chi connectivity index (χ3v) is 2.32. The van der Waals surface area contributed by atoms with Crippen molar-refractivity contribution in [3.8, 4) is 11.5 Å². The molecule has 1 amide bonds. The van der Waals surface area contributed by atoms with Gasteiger partial charge in [-0.3, -0.25) is 4.79 Å². The fourth-order valence-electron chi connectivity index (χ4n) is 1.24. The summed E-state index contributed by atoms with van der Waals surface area (Å²) >= 11 is 5.65. The van der Waals surface area contributed by atoms with Crippen molar-refractivity contribution in [1.29, 1.82) is 0 Å². The number of anilines is 1. The van der Waals surface area contributed by atoms with E-state index < -0.39 is 5.38 Å². The van der Waals surface area contributed by atoms with Gasteiger partial charge in [-0.05, 0) is 31.2 Å². The fourth-order valence-corrected chi connectivity index (χ4v) is 1.29. The topological polar surface area (TPSA) is 68.0 Å². The molecule has 1 N–H and O–H groups in total. The van der Waals surface area contributed by atoms with Crippen LogP contribution in [-0.4, -0.2) is 21.5 Å². The van der Waals surface area contributed by atoms with Crippen molar-refractivity contribution in [2.45, 2.75) is 12.3 Å². The van der Waals surface area contributed by atoms with E-state index in [1.165, 1.54) is 6.39 Å². The lowest BCUT2D eigenvalue weighted by molar-refractivity contribution is -0.115. The monoisotopic (exact) mass is 251 g/mol. The van der Waals surface area contributed by atoms with Gasteiger partial charge in [0.15, 0.2) is 0 Å². The first-order chi connectivity index (χ1) is 8.16. The smallest absolute Gasteiger partial charge is 0.247 e. The van der Waals surface area contributed by atoms with Gasteiger partial charge in [-0.15, -0.1) is 21.8 Å². The quantitative estimate of drug-likeness (QED) is 0.850. The number of nitrogens with zero attached hydrogens (tertiary/aromatic N) is 2. The minimum absolute atomic E-state index is 0.239. The third-order valence-electron chi connectivity index (χ3n) is 2.12. The lowest BCUT2D eigenvalue weighted by atomic mass is 10.2. The molecule has 0 saturated carbocycles. The summed E-state index contributed by atoms with van der Waals surface area (Å²) in [6, 6.07) is 7.05. The van der Waals surface area contributed by atoms with Crippen LogP contribution in [0.25, 0.3) is 11.5 Å². The minimum atomic E-state index is -0.564. The van der Waals surface area contributed by atoms with Crippen LogP contribution >= 0.6 is 11.6 Å². The molecule has 1 unspecified atom stereocenters. The van der Waals surface area contributed by atoms with Gasteiger partial charge in [-0.25, -0.2) is 0 Å². The normalized spacial score (nSPS) is 12.1. The molecule has 0 spiro atoms. The average Bonchev–Trinajstić information content (AvgIpc) is 2.83. The van der Waals surface area contributed by atoms with Crippen LogP contribution in [0.3, 0.4) is 0 Å². The first-order valence-corrected chi connectivity index (χ1v) is 5.42. The van der Waals surface area contributed by atoms with Crippen LogP contribution < -0.4 is 5.32 Å². The Balaban J connectivity index is 2.11. The van der Waals surface area contributed by atoms with Crippen molar-refractivity contribution in [1.82, 2.24) is 10.2 Å². The average molecular weight is 252 g/mol. The van der Waals surface area contributed by atoms with E-state index in [0.717, 1.165) is 5.56 Å². The Labute approximate surface area is 103 Å². The van der Waals surface area contributed by atoms with Crippen LogP contribution in [0.1, 0.15) is 6.92 Å². The number of rotatable bonds is 3. The van der Waals surface area contributed by atoms with Gasteiger partial charge in [-0.2, -0.15) is 0 Å². The van der Waals surface area contributed by atoms with Crippen LogP contribution in [0.2, 0.25) is 0 Å². The van der Waals surface area contributed by atoms with E-state index in [0.29, 0.717) is 11.6 Å². The Morgan fingerprint density at radius 3 is 2.65 bits per heavy atom. The highest BCUT2D eigenvalue weighted by atomic mass is 35.5. The molecule has 5 nitrogen and oxygen atoms in total. The number of alkyl halides is 1. The molecule has 1 aromatic heterocycles. The van der Waals surface area contributed by atoms with E-state index in [4.69, 9.17) is 16.0 Å². The van der Waals surface area contributed by atoms with Gasteiger partial charge in [0.2, 0.25) is 18.2 Å². The number of halogens is 1. The number of benzene rings is 1. The second-order valence-electron chi connectivity index (χ2n) is 3.43. The maximum Gasteiger partial charge on any atom is 0.247 e. The van der Waals surface area contributed by atoms with Crippen molar-refractivity contribution >= 4 is 23.2 Å². The van der Waals surface area contributed by atoms with E-state index in [1.807, 2.05) is 0 Å². The second-order valence-corrected chi connectivity index (χ2v) is 4.08. The maximum atomic E-state index is 11.3. The van der Waals surface area contributed by atoms with Gasteiger partial charge in [0.05, 0.1) is 0 Å². The molecule has 2 rings (SSSR count). The molecule has 2 aromatic rings. The molecular weight excluding hydrogens is 242 g/mol. The Morgan fingerprint density at radius 1 is 1.41 bits per heavy atom. The summed E-state index contributed by atoms with van der Waals surface area (Å²) in [4.78, 5) is 11.3. The molecule has 0 saturated heterocycles. The molecule has 0 fully saturated rings. The number of carbonyl (C=O) groups is 1. The molecular formula is C11H10ClN3O2. The first kappa shape index (κ1) is 11.6. The zero-order chi connectivity index (χ0) is 12.3. The Kier molecular flexibility index (Phi) is 3.39. The Bertz CT molecular complexity index is 494. The van der Waals surface area contributed by atoms with Crippen LogP contribution in [0.15, 0.2) is 35.1 Å². The molecule has 88 valence electrons. The van der Waals surface area contributed by atoms with Gasteiger partial charge < -0.3 is 9.73 Å². The highest BCUT2D eigenvalue weighted by Crippen LogP contribution is 2.19. The summed E-state index contributed by atoms with van der Waals surface area (Å²) in [6.45, 7) is 1.61. The molecule has 0 aliphatic rings. The van der Waals surface area contributed by atoms with Gasteiger partial charge in [0, 0.05) is 11.3 Å². The lowest BCUT2D eigenvalue weighted by Crippen LogP contribution is -2.20. The van der Waals surface area contributed by atoms with Gasteiger partial charge in [0.25, 0.3) is 0 Å². The van der Waals surface area contributed by atoms with E-state index in [-0.39, 0.29) is 5.91 Å². The predicted molar refractivity (Wildman–Crippen MR) is 63.7 cm³/mol. The van der Waals surface area contributed by atoms with Crippen LogP contribution in [0.4, 0.5) is 5.69 Å². The van der Waals surface area contributed by atoms with Crippen molar-refractivity contribution in [2.24, 2.45) is 0 Å². The summed E-state index contributed by atoms with van der Waals surface area (Å²) in [5.74, 6) is 0.200. The molecule has 0 aliphatic carbocycles. The summed E-state index contributed by atoms with van der Waals surface area (Å²) < 4.78 is 5.05. The second kappa shape index (κ2) is 4.97. The highest BCUT2D eigenvalue weighted by molar-refractivity contribution is 6.32. The summed E-state index contributed by atoms with van der Waals surface area (Å²) in [5, 5.41) is 9.48. The van der Waals surface area contributed by atoms with Crippen molar-refractivity contribution < 1.29 is 9.21 Å². The largest absolute Gasteiger partial charge is 0.423 e. The van der Waals surface area contributed by atoms with E-state index in [9.17, 15) is 4.79 Å². The standard InChI is InChI=1S/C11H10ClN3O2/c1-7(12)10(16)14-9-4-2-8(3-5-9)11-15-13-6-17-11/h2-7H,1H3,(H,14,16). The van der Waals surface area contributed by atoms with Gasteiger partial charge in [-0.1, -0.05) is 0 Å². The molecule has 1 heterocycles. The first-order valence-electron chi connectivity index (χ1n) is 4.98. The molecule has 0 bridgehead atoms. The molecule has 1 aromatic carbocycles. The van der Waals surface area contributed by atoms with Gasteiger partial charge >= 0.3 is 0 Å². The molecule has 0 aliphatic heterocycles. The van der Waals surface area contributed by atoms with E-state index in [2.05, 4.69) is 15.5 Å².